The summed E-state index contributed by atoms with van der Waals surface area (Å²) in [4.78, 5) is 10.5. The number of hydrogen-bond donors (Lipinski definition) is 1. The maximum Gasteiger partial charge on any atom is 0.467 e. The van der Waals surface area contributed by atoms with E-state index in [1.807, 2.05) is 0 Å². The Hall–Kier alpha value is -1.27. The minimum atomic E-state index is -4.85. The van der Waals surface area contributed by atoms with E-state index >= 15 is 0 Å². The van der Waals surface area contributed by atoms with Gasteiger partial charge >= 0.3 is 12.1 Å². The van der Waals surface area contributed by atoms with Gasteiger partial charge in [-0.25, -0.2) is 4.79 Å². The number of alkyl halides is 3. The van der Waals surface area contributed by atoms with Gasteiger partial charge in [0.2, 0.25) is 0 Å². The molecule has 0 aromatic carbocycles. The molecule has 0 saturated heterocycles. The summed E-state index contributed by atoms with van der Waals surface area (Å²) in [6.45, 7) is 0.667. The third kappa shape index (κ3) is 5.05. The predicted octanol–water partition coefficient (Wildman–Crippen LogP) is 1.11. The van der Waals surface area contributed by atoms with Crippen molar-refractivity contribution in [2.75, 3.05) is 13.2 Å². The number of hydrogen-bond acceptors (Lipinski definition) is 4. The van der Waals surface area contributed by atoms with Crippen LogP contribution in [0.25, 0.3) is 0 Å². The zero-order chi connectivity index (χ0) is 10.5. The molecule has 0 amide bonds. The van der Waals surface area contributed by atoms with Gasteiger partial charge in [0, 0.05) is 0 Å². The zero-order valence-corrected chi connectivity index (χ0v) is 6.77. The number of nitrogens with one attached hydrogen (secondary N) is 1. The molecule has 0 aliphatic heterocycles. The van der Waals surface area contributed by atoms with E-state index in [4.69, 9.17) is 5.41 Å². The molecule has 0 aliphatic rings. The van der Waals surface area contributed by atoms with Crippen molar-refractivity contribution in [2.45, 2.75) is 13.1 Å². The molecule has 0 bridgehead atoms. The highest BCUT2D eigenvalue weighted by Gasteiger charge is 2.37. The second kappa shape index (κ2) is 4.68. The molecule has 4 nitrogen and oxygen atoms in total. The average Bonchev–Trinajstić information content (AvgIpc) is 1.99. The summed E-state index contributed by atoms with van der Waals surface area (Å²) in [6.07, 6.45) is -4.85. The van der Waals surface area contributed by atoms with Crippen LogP contribution in [0.4, 0.5) is 13.2 Å². The Kier molecular flexibility index (Phi) is 4.22. The zero-order valence-electron chi connectivity index (χ0n) is 6.77. The molecule has 0 fully saturated rings. The summed E-state index contributed by atoms with van der Waals surface area (Å²) < 4.78 is 42.8. The van der Waals surface area contributed by atoms with Gasteiger partial charge in [-0.15, -0.1) is 0 Å². The lowest BCUT2D eigenvalue weighted by molar-refractivity contribution is -0.147. The van der Waals surface area contributed by atoms with Crippen molar-refractivity contribution in [3.05, 3.63) is 0 Å². The van der Waals surface area contributed by atoms with E-state index in [2.05, 4.69) is 9.47 Å². The van der Waals surface area contributed by atoms with Gasteiger partial charge in [0.1, 0.15) is 0 Å². The van der Waals surface area contributed by atoms with Crippen molar-refractivity contribution >= 4 is 11.9 Å². The van der Waals surface area contributed by atoms with Gasteiger partial charge in [-0.3, -0.25) is 5.41 Å². The van der Waals surface area contributed by atoms with E-state index in [1.165, 1.54) is 6.92 Å². The molecule has 0 rings (SSSR count). The summed E-state index contributed by atoms with van der Waals surface area (Å²) in [5, 5.41) is 6.31. The van der Waals surface area contributed by atoms with Crippen LogP contribution < -0.4 is 0 Å². The number of carbonyl (C=O) groups excluding carboxylic acids is 1. The predicted molar refractivity (Wildman–Crippen MR) is 36.4 cm³/mol. The van der Waals surface area contributed by atoms with Crippen LogP contribution >= 0.6 is 0 Å². The molecular weight excluding hydrogens is 191 g/mol. The van der Waals surface area contributed by atoms with E-state index in [1.54, 1.807) is 0 Å². The molecule has 7 heteroatoms. The molecule has 1 N–H and O–H groups in total. The largest absolute Gasteiger partial charge is 0.467 e. The Morgan fingerprint density at radius 2 is 1.92 bits per heavy atom. The summed E-state index contributed by atoms with van der Waals surface area (Å²) in [5.74, 6) is -2.84. The Morgan fingerprint density at radius 3 is 2.31 bits per heavy atom. The van der Waals surface area contributed by atoms with Crippen molar-refractivity contribution in [1.82, 2.24) is 0 Å². The maximum atomic E-state index is 11.6. The smallest absolute Gasteiger partial charge is 0.463 e. The minimum absolute atomic E-state index is 0.0571. The molecule has 0 saturated carbocycles. The van der Waals surface area contributed by atoms with Crippen LogP contribution in [0.3, 0.4) is 0 Å². The molecule has 76 valence electrons. The first-order chi connectivity index (χ1) is 5.88. The topological polar surface area (TPSA) is 59.4 Å². The molecule has 0 radical (unpaired) electrons. The van der Waals surface area contributed by atoms with E-state index in [-0.39, 0.29) is 6.61 Å². The maximum absolute atomic E-state index is 11.6. The van der Waals surface area contributed by atoms with Crippen LogP contribution in [0, 0.1) is 5.41 Å². The van der Waals surface area contributed by atoms with Crippen LogP contribution in [0.5, 0.6) is 0 Å². The fraction of sp³-hybridized carbons (Fsp3) is 0.667. The van der Waals surface area contributed by atoms with Crippen molar-refractivity contribution in [3.63, 3.8) is 0 Å². The number of carbonyl (C=O) groups is 1. The number of rotatable bonds is 3. The van der Waals surface area contributed by atoms with Crippen LogP contribution in [-0.4, -0.2) is 31.3 Å². The average molecular weight is 199 g/mol. The second-order valence-electron chi connectivity index (χ2n) is 1.92. The fourth-order valence-electron chi connectivity index (χ4n) is 0.416. The lowest BCUT2D eigenvalue weighted by Gasteiger charge is -2.08. The molecule has 0 aromatic heterocycles. The Labute approximate surface area is 72.1 Å². The molecule has 0 aliphatic carbocycles. The fourth-order valence-corrected chi connectivity index (χ4v) is 0.416. The third-order valence-corrected chi connectivity index (χ3v) is 0.897. The Morgan fingerprint density at radius 1 is 1.38 bits per heavy atom. The van der Waals surface area contributed by atoms with E-state index in [0.29, 0.717) is 0 Å². The number of ether oxygens (including phenoxy) is 2. The minimum Gasteiger partial charge on any atom is -0.463 e. The van der Waals surface area contributed by atoms with Gasteiger partial charge in [-0.1, -0.05) is 0 Å². The third-order valence-electron chi connectivity index (χ3n) is 0.897. The van der Waals surface area contributed by atoms with Gasteiger partial charge < -0.3 is 9.47 Å². The second-order valence-corrected chi connectivity index (χ2v) is 1.92. The van der Waals surface area contributed by atoms with Crippen molar-refractivity contribution < 1.29 is 27.4 Å². The first-order valence-electron chi connectivity index (χ1n) is 3.32. The quantitative estimate of drug-likeness (QED) is 0.420. The highest BCUT2D eigenvalue weighted by molar-refractivity contribution is 5.81. The first-order valence-corrected chi connectivity index (χ1v) is 3.32. The van der Waals surface area contributed by atoms with Gasteiger partial charge in [0.05, 0.1) is 6.61 Å². The van der Waals surface area contributed by atoms with E-state index in [0.717, 1.165) is 0 Å². The van der Waals surface area contributed by atoms with Crippen LogP contribution in [0.15, 0.2) is 0 Å². The van der Waals surface area contributed by atoms with Crippen molar-refractivity contribution in [2.24, 2.45) is 0 Å². The Bertz CT molecular complexity index is 202. The molecule has 0 heterocycles. The standard InChI is InChI=1S/C6H8F3NO3/c1-2-12-4(11)3-13-5(10)6(7,8)9/h10H,2-3H2,1H3. The molecular formula is C6H8F3NO3. The van der Waals surface area contributed by atoms with Crippen molar-refractivity contribution in [3.8, 4) is 0 Å². The molecule has 0 unspecified atom stereocenters. The number of esters is 1. The van der Waals surface area contributed by atoms with E-state index in [9.17, 15) is 18.0 Å². The van der Waals surface area contributed by atoms with Crippen LogP contribution in [-0.2, 0) is 14.3 Å². The van der Waals surface area contributed by atoms with Gasteiger partial charge in [0.25, 0.3) is 5.90 Å². The lowest BCUT2D eigenvalue weighted by atomic mass is 10.6. The van der Waals surface area contributed by atoms with Gasteiger partial charge in [-0.05, 0) is 6.92 Å². The van der Waals surface area contributed by atoms with Gasteiger partial charge in [0.15, 0.2) is 6.61 Å². The van der Waals surface area contributed by atoms with Crippen molar-refractivity contribution in [1.29, 1.82) is 5.41 Å². The first kappa shape index (κ1) is 11.7. The lowest BCUT2D eigenvalue weighted by Crippen LogP contribution is -2.27. The highest BCUT2D eigenvalue weighted by Crippen LogP contribution is 2.16. The summed E-state index contributed by atoms with van der Waals surface area (Å²) in [5.41, 5.74) is 0. The Balaban J connectivity index is 3.77. The molecule has 0 aromatic rings. The highest BCUT2D eigenvalue weighted by atomic mass is 19.4. The monoisotopic (exact) mass is 199 g/mol. The summed E-state index contributed by atoms with van der Waals surface area (Å²) >= 11 is 0. The molecule has 0 atom stereocenters. The molecule has 13 heavy (non-hydrogen) atoms. The SMILES string of the molecule is CCOC(=O)COC(=N)C(F)(F)F. The van der Waals surface area contributed by atoms with Gasteiger partial charge in [-0.2, -0.15) is 13.2 Å². The normalized spacial score (nSPS) is 10.8. The summed E-state index contributed by atoms with van der Waals surface area (Å²) in [7, 11) is 0. The van der Waals surface area contributed by atoms with Crippen LogP contribution in [0.1, 0.15) is 6.92 Å². The summed E-state index contributed by atoms with van der Waals surface area (Å²) in [6, 6.07) is 0. The van der Waals surface area contributed by atoms with E-state index < -0.39 is 24.7 Å². The van der Waals surface area contributed by atoms with Crippen LogP contribution in [0.2, 0.25) is 0 Å². The molecule has 0 spiro atoms. The number of halogens is 3.